The lowest BCUT2D eigenvalue weighted by atomic mass is 9.93. The molecule has 1 heterocycles. The number of carbonyl (C=O) groups is 2. The van der Waals surface area contributed by atoms with E-state index in [9.17, 15) is 19.1 Å². The van der Waals surface area contributed by atoms with E-state index in [-0.39, 0.29) is 23.4 Å². The number of ketones is 1. The van der Waals surface area contributed by atoms with Gasteiger partial charge in [-0.2, -0.15) is 0 Å². The minimum atomic E-state index is -0.999. The van der Waals surface area contributed by atoms with Gasteiger partial charge in [-0.05, 0) is 29.9 Å². The zero-order valence-corrected chi connectivity index (χ0v) is 18.8. The molecular weight excluding hydrogens is 419 g/mol. The highest BCUT2D eigenvalue weighted by Crippen LogP contribution is 2.41. The van der Waals surface area contributed by atoms with E-state index in [1.54, 1.807) is 30.3 Å². The van der Waals surface area contributed by atoms with E-state index in [1.165, 1.54) is 11.0 Å². The Balaban J connectivity index is 1.89. The maximum Gasteiger partial charge on any atom is 0.295 e. The van der Waals surface area contributed by atoms with Crippen LogP contribution in [0.5, 0.6) is 0 Å². The standard InChI is InChI=1S/C27H27FN2O3/c1-3-29(4-2)16-17-30-24(21-13-7-8-15-22(21)28)23(26(32)27(30)33)25(31)20-14-9-11-18-10-5-6-12-19(18)20/h5-15,24,31H,3-4,16-17H2,1-2H3/b25-23+. The molecule has 0 saturated carbocycles. The number of hydrogen-bond acceptors (Lipinski definition) is 4. The molecule has 1 unspecified atom stereocenters. The second kappa shape index (κ2) is 9.55. The second-order valence-electron chi connectivity index (χ2n) is 8.07. The van der Waals surface area contributed by atoms with Gasteiger partial charge in [0.1, 0.15) is 11.6 Å². The van der Waals surface area contributed by atoms with Crippen LogP contribution in [-0.2, 0) is 9.59 Å². The van der Waals surface area contributed by atoms with Gasteiger partial charge in [0.05, 0.1) is 11.6 Å². The van der Waals surface area contributed by atoms with Gasteiger partial charge in [0, 0.05) is 24.2 Å². The molecule has 0 spiro atoms. The van der Waals surface area contributed by atoms with Crippen LogP contribution in [0.2, 0.25) is 0 Å². The van der Waals surface area contributed by atoms with Gasteiger partial charge in [0.25, 0.3) is 11.7 Å². The van der Waals surface area contributed by atoms with E-state index in [0.29, 0.717) is 12.1 Å². The van der Waals surface area contributed by atoms with Crippen molar-refractivity contribution in [2.75, 3.05) is 26.2 Å². The quantitative estimate of drug-likeness (QED) is 0.323. The van der Waals surface area contributed by atoms with Crippen LogP contribution in [0, 0.1) is 5.82 Å². The van der Waals surface area contributed by atoms with Crippen LogP contribution in [0.15, 0.2) is 72.3 Å². The van der Waals surface area contributed by atoms with Gasteiger partial charge < -0.3 is 14.9 Å². The summed E-state index contributed by atoms with van der Waals surface area (Å²) in [5, 5.41) is 13.0. The Kier molecular flexibility index (Phi) is 6.56. The Labute approximate surface area is 192 Å². The van der Waals surface area contributed by atoms with E-state index in [0.717, 1.165) is 23.9 Å². The number of aliphatic hydroxyl groups is 1. The number of amides is 1. The Morgan fingerprint density at radius 2 is 1.64 bits per heavy atom. The Bertz CT molecular complexity index is 1230. The number of halogens is 1. The summed E-state index contributed by atoms with van der Waals surface area (Å²) in [6, 6.07) is 18.0. The summed E-state index contributed by atoms with van der Waals surface area (Å²) in [5.74, 6) is -2.34. The van der Waals surface area contributed by atoms with E-state index in [4.69, 9.17) is 0 Å². The molecule has 1 aliphatic rings. The lowest BCUT2D eigenvalue weighted by Crippen LogP contribution is -2.38. The van der Waals surface area contributed by atoms with Crippen LogP contribution in [0.25, 0.3) is 16.5 Å². The molecule has 4 rings (SSSR count). The number of hydrogen-bond donors (Lipinski definition) is 1. The summed E-state index contributed by atoms with van der Waals surface area (Å²) in [5.41, 5.74) is 0.551. The molecule has 6 heteroatoms. The molecule has 3 aromatic carbocycles. The van der Waals surface area contributed by atoms with Crippen molar-refractivity contribution in [1.29, 1.82) is 0 Å². The van der Waals surface area contributed by atoms with Gasteiger partial charge in [-0.1, -0.05) is 74.5 Å². The highest BCUT2D eigenvalue weighted by Gasteiger charge is 2.46. The number of rotatable bonds is 7. The average Bonchev–Trinajstić information content (AvgIpc) is 3.09. The molecule has 0 radical (unpaired) electrons. The van der Waals surface area contributed by atoms with Crippen molar-refractivity contribution in [3.8, 4) is 0 Å². The van der Waals surface area contributed by atoms with E-state index in [1.807, 2.05) is 44.2 Å². The number of likely N-dealkylation sites (N-methyl/N-ethyl adjacent to an activating group) is 1. The van der Waals surface area contributed by atoms with Gasteiger partial charge in [-0.15, -0.1) is 0 Å². The fourth-order valence-electron chi connectivity index (χ4n) is 4.50. The number of aliphatic hydroxyl groups excluding tert-OH is 1. The first-order valence-corrected chi connectivity index (χ1v) is 11.2. The van der Waals surface area contributed by atoms with E-state index >= 15 is 0 Å². The molecule has 1 atom stereocenters. The smallest absolute Gasteiger partial charge is 0.295 e. The van der Waals surface area contributed by atoms with Crippen molar-refractivity contribution in [2.45, 2.75) is 19.9 Å². The Morgan fingerprint density at radius 3 is 2.36 bits per heavy atom. The fraction of sp³-hybridized carbons (Fsp3) is 0.259. The van der Waals surface area contributed by atoms with Gasteiger partial charge >= 0.3 is 0 Å². The summed E-state index contributed by atoms with van der Waals surface area (Å²) < 4.78 is 14.9. The monoisotopic (exact) mass is 446 g/mol. The fourth-order valence-corrected chi connectivity index (χ4v) is 4.50. The van der Waals surface area contributed by atoms with Crippen LogP contribution in [0.1, 0.15) is 31.0 Å². The normalized spacial score (nSPS) is 17.9. The van der Waals surface area contributed by atoms with Crippen molar-refractivity contribution in [1.82, 2.24) is 9.80 Å². The molecule has 33 heavy (non-hydrogen) atoms. The van der Waals surface area contributed by atoms with Crippen molar-refractivity contribution in [3.05, 3.63) is 89.2 Å². The van der Waals surface area contributed by atoms with Crippen LogP contribution < -0.4 is 0 Å². The minimum absolute atomic E-state index is 0.0824. The largest absolute Gasteiger partial charge is 0.507 e. The van der Waals surface area contributed by atoms with Crippen molar-refractivity contribution >= 4 is 28.2 Å². The molecule has 0 bridgehead atoms. The molecular formula is C27H27FN2O3. The third kappa shape index (κ3) is 4.14. The van der Waals surface area contributed by atoms with E-state index in [2.05, 4.69) is 4.90 Å². The molecule has 1 fully saturated rings. The molecule has 1 N–H and O–H groups in total. The van der Waals surface area contributed by atoms with Crippen LogP contribution in [0.4, 0.5) is 4.39 Å². The summed E-state index contributed by atoms with van der Waals surface area (Å²) in [4.78, 5) is 29.8. The third-order valence-corrected chi connectivity index (χ3v) is 6.34. The third-order valence-electron chi connectivity index (χ3n) is 6.34. The number of benzene rings is 3. The first-order valence-electron chi connectivity index (χ1n) is 11.2. The van der Waals surface area contributed by atoms with Crippen molar-refractivity contribution in [3.63, 3.8) is 0 Å². The molecule has 1 aliphatic heterocycles. The van der Waals surface area contributed by atoms with E-state index < -0.39 is 23.5 Å². The van der Waals surface area contributed by atoms with Gasteiger partial charge in [-0.3, -0.25) is 9.59 Å². The highest BCUT2D eigenvalue weighted by atomic mass is 19.1. The predicted octanol–water partition coefficient (Wildman–Crippen LogP) is 4.74. The SMILES string of the molecule is CCN(CC)CCN1C(=O)C(=O)/C(=C(/O)c2cccc3ccccc23)C1c1ccccc1F. The zero-order chi connectivity index (χ0) is 23.5. The number of fused-ring (bicyclic) bond motifs is 1. The minimum Gasteiger partial charge on any atom is -0.507 e. The van der Waals surface area contributed by atoms with Gasteiger partial charge in [-0.25, -0.2) is 4.39 Å². The van der Waals surface area contributed by atoms with Gasteiger partial charge in [0.2, 0.25) is 0 Å². The molecule has 3 aromatic rings. The molecule has 1 saturated heterocycles. The molecule has 1 amide bonds. The summed E-state index contributed by atoms with van der Waals surface area (Å²) in [6.07, 6.45) is 0. The maximum absolute atomic E-state index is 14.9. The molecule has 5 nitrogen and oxygen atoms in total. The van der Waals surface area contributed by atoms with Crippen molar-refractivity contribution < 1.29 is 19.1 Å². The van der Waals surface area contributed by atoms with Crippen molar-refractivity contribution in [2.24, 2.45) is 0 Å². The zero-order valence-electron chi connectivity index (χ0n) is 18.8. The molecule has 170 valence electrons. The van der Waals surface area contributed by atoms with Crippen LogP contribution >= 0.6 is 0 Å². The molecule has 0 aliphatic carbocycles. The average molecular weight is 447 g/mol. The summed E-state index contributed by atoms with van der Waals surface area (Å²) in [6.45, 7) is 6.41. The highest BCUT2D eigenvalue weighted by molar-refractivity contribution is 6.46. The number of nitrogens with zero attached hydrogens (tertiary/aromatic N) is 2. The van der Waals surface area contributed by atoms with Crippen LogP contribution in [0.3, 0.4) is 0 Å². The summed E-state index contributed by atoms with van der Waals surface area (Å²) in [7, 11) is 0. The topological polar surface area (TPSA) is 60.9 Å². The first kappa shape index (κ1) is 22.7. The Morgan fingerprint density at radius 1 is 0.970 bits per heavy atom. The maximum atomic E-state index is 14.9. The number of Topliss-reactive ketones (excluding diaryl/α,β-unsaturated/α-hetero) is 1. The van der Waals surface area contributed by atoms with Crippen LogP contribution in [-0.4, -0.2) is 52.8 Å². The molecule has 0 aromatic heterocycles. The first-order chi connectivity index (χ1) is 16.0. The predicted molar refractivity (Wildman–Crippen MR) is 127 cm³/mol. The second-order valence-corrected chi connectivity index (χ2v) is 8.07. The number of likely N-dealkylation sites (tertiary alicyclic amines) is 1. The lowest BCUT2D eigenvalue weighted by molar-refractivity contribution is -0.140. The Hall–Kier alpha value is -3.51. The summed E-state index contributed by atoms with van der Waals surface area (Å²) >= 11 is 0. The van der Waals surface area contributed by atoms with Gasteiger partial charge in [0.15, 0.2) is 0 Å². The lowest BCUT2D eigenvalue weighted by Gasteiger charge is -2.28. The number of carbonyl (C=O) groups excluding carboxylic acids is 2.